The number of carbonyl (C=O) groups is 1. The number of hydrogen-bond acceptors (Lipinski definition) is 3. The van der Waals surface area contributed by atoms with Gasteiger partial charge in [0.2, 0.25) is 0 Å². The number of rotatable bonds is 6. The fourth-order valence-corrected chi connectivity index (χ4v) is 2.69. The molecular formula is C11H16OS2. The molecule has 1 rings (SSSR count). The monoisotopic (exact) mass is 228 g/mol. The first-order valence-electron chi connectivity index (χ1n) is 4.93. The second-order valence-electron chi connectivity index (χ2n) is 3.07. The average Bonchev–Trinajstić information content (AvgIpc) is 2.62. The maximum atomic E-state index is 11.5. The number of ketones is 1. The minimum absolute atomic E-state index is 0.348. The quantitative estimate of drug-likeness (QED) is 0.744. The van der Waals surface area contributed by atoms with Crippen molar-refractivity contribution in [2.75, 3.05) is 11.5 Å². The van der Waals surface area contributed by atoms with Crippen LogP contribution in [-0.4, -0.2) is 17.3 Å². The van der Waals surface area contributed by atoms with Crippen molar-refractivity contribution in [3.05, 3.63) is 21.9 Å². The van der Waals surface area contributed by atoms with Gasteiger partial charge in [0.15, 0.2) is 0 Å². The molecule has 0 aliphatic heterocycles. The molecule has 78 valence electrons. The fraction of sp³-hybridized carbons (Fsp3) is 0.545. The lowest BCUT2D eigenvalue weighted by atomic mass is 10.2. The molecule has 1 aromatic heterocycles. The Kier molecular flexibility index (Phi) is 5.26. The lowest BCUT2D eigenvalue weighted by Gasteiger charge is -1.96. The third-order valence-electron chi connectivity index (χ3n) is 1.90. The Bertz CT molecular complexity index is 291. The van der Waals surface area contributed by atoms with Gasteiger partial charge in [0.25, 0.3) is 0 Å². The van der Waals surface area contributed by atoms with Crippen LogP contribution in [0.4, 0.5) is 0 Å². The molecule has 0 unspecified atom stereocenters. The standard InChI is InChI=1S/C11H16OS2/c1-3-10-5-6-11(14-10)7-9(12)8-13-4-2/h5-6H,3-4,7-8H2,1-2H3. The molecule has 0 fully saturated rings. The SMILES string of the molecule is CCSCC(=O)Cc1ccc(CC)s1. The summed E-state index contributed by atoms with van der Waals surface area (Å²) in [6, 6.07) is 4.21. The summed E-state index contributed by atoms with van der Waals surface area (Å²) >= 11 is 3.47. The summed E-state index contributed by atoms with van der Waals surface area (Å²) < 4.78 is 0. The Hall–Kier alpha value is -0.280. The molecular weight excluding hydrogens is 212 g/mol. The minimum atomic E-state index is 0.348. The summed E-state index contributed by atoms with van der Waals surface area (Å²) in [4.78, 5) is 14.0. The van der Waals surface area contributed by atoms with Crippen LogP contribution in [0.2, 0.25) is 0 Å². The fourth-order valence-electron chi connectivity index (χ4n) is 1.17. The van der Waals surface area contributed by atoms with Gasteiger partial charge in [0, 0.05) is 16.2 Å². The Labute approximate surface area is 93.9 Å². The highest BCUT2D eigenvalue weighted by Crippen LogP contribution is 2.18. The number of hydrogen-bond donors (Lipinski definition) is 0. The second kappa shape index (κ2) is 6.25. The summed E-state index contributed by atoms with van der Waals surface area (Å²) in [7, 11) is 0. The van der Waals surface area contributed by atoms with Crippen molar-refractivity contribution in [2.45, 2.75) is 26.7 Å². The van der Waals surface area contributed by atoms with Crippen LogP contribution >= 0.6 is 23.1 Å². The maximum Gasteiger partial charge on any atom is 0.147 e. The van der Waals surface area contributed by atoms with Crippen LogP contribution in [0.25, 0.3) is 0 Å². The van der Waals surface area contributed by atoms with Gasteiger partial charge in [-0.05, 0) is 24.3 Å². The molecule has 3 heteroatoms. The highest BCUT2D eigenvalue weighted by atomic mass is 32.2. The predicted molar refractivity (Wildman–Crippen MR) is 65.4 cm³/mol. The molecule has 14 heavy (non-hydrogen) atoms. The van der Waals surface area contributed by atoms with Crippen molar-refractivity contribution in [1.82, 2.24) is 0 Å². The van der Waals surface area contributed by atoms with Crippen molar-refractivity contribution >= 4 is 28.9 Å². The molecule has 0 spiro atoms. The summed E-state index contributed by atoms with van der Waals surface area (Å²) in [5.41, 5.74) is 0. The number of aryl methyl sites for hydroxylation is 1. The summed E-state index contributed by atoms with van der Waals surface area (Å²) in [5.74, 6) is 2.04. The summed E-state index contributed by atoms with van der Waals surface area (Å²) in [6.45, 7) is 4.22. The zero-order valence-corrected chi connectivity index (χ0v) is 10.3. The molecule has 1 heterocycles. The zero-order chi connectivity index (χ0) is 10.4. The van der Waals surface area contributed by atoms with Gasteiger partial charge in [0.05, 0.1) is 5.75 Å². The van der Waals surface area contributed by atoms with Crippen molar-refractivity contribution in [1.29, 1.82) is 0 Å². The predicted octanol–water partition coefficient (Wildman–Crippen LogP) is 3.18. The molecule has 0 radical (unpaired) electrons. The Balaban J connectivity index is 2.39. The highest BCUT2D eigenvalue weighted by Gasteiger charge is 2.05. The van der Waals surface area contributed by atoms with E-state index in [-0.39, 0.29) is 0 Å². The van der Waals surface area contributed by atoms with Gasteiger partial charge < -0.3 is 0 Å². The lowest BCUT2D eigenvalue weighted by Crippen LogP contribution is -2.04. The number of thiophene rings is 1. The first-order valence-corrected chi connectivity index (χ1v) is 6.90. The van der Waals surface area contributed by atoms with Crippen molar-refractivity contribution in [3.63, 3.8) is 0 Å². The van der Waals surface area contributed by atoms with E-state index < -0.39 is 0 Å². The van der Waals surface area contributed by atoms with E-state index in [0.717, 1.165) is 12.2 Å². The van der Waals surface area contributed by atoms with Gasteiger partial charge in [-0.3, -0.25) is 4.79 Å². The normalized spacial score (nSPS) is 10.4. The minimum Gasteiger partial charge on any atom is -0.298 e. The van der Waals surface area contributed by atoms with Gasteiger partial charge in [-0.1, -0.05) is 13.8 Å². The Morgan fingerprint density at radius 2 is 2.07 bits per heavy atom. The summed E-state index contributed by atoms with van der Waals surface area (Å²) in [6.07, 6.45) is 1.69. The molecule has 0 bridgehead atoms. The third-order valence-corrected chi connectivity index (χ3v) is 4.07. The van der Waals surface area contributed by atoms with Crippen molar-refractivity contribution in [3.8, 4) is 0 Å². The van der Waals surface area contributed by atoms with Crippen molar-refractivity contribution < 1.29 is 4.79 Å². The van der Waals surface area contributed by atoms with Gasteiger partial charge in [-0.15, -0.1) is 11.3 Å². The van der Waals surface area contributed by atoms with E-state index in [1.807, 2.05) is 0 Å². The van der Waals surface area contributed by atoms with Crippen LogP contribution < -0.4 is 0 Å². The number of thioether (sulfide) groups is 1. The van der Waals surface area contributed by atoms with Crippen molar-refractivity contribution in [2.24, 2.45) is 0 Å². The lowest BCUT2D eigenvalue weighted by molar-refractivity contribution is -0.115. The van der Waals surface area contributed by atoms with Gasteiger partial charge >= 0.3 is 0 Å². The molecule has 0 saturated heterocycles. The molecule has 0 aromatic carbocycles. The van der Waals surface area contributed by atoms with Crippen LogP contribution in [0, 0.1) is 0 Å². The maximum absolute atomic E-state index is 11.5. The second-order valence-corrected chi connectivity index (χ2v) is 5.60. The third kappa shape index (κ3) is 3.84. The molecule has 0 amide bonds. The molecule has 0 aliphatic carbocycles. The molecule has 1 aromatic rings. The van der Waals surface area contributed by atoms with Crippen LogP contribution in [-0.2, 0) is 17.6 Å². The van der Waals surface area contributed by atoms with E-state index in [0.29, 0.717) is 18.0 Å². The zero-order valence-electron chi connectivity index (χ0n) is 8.71. The van der Waals surface area contributed by atoms with Gasteiger partial charge in [-0.2, -0.15) is 11.8 Å². The molecule has 1 nitrogen and oxygen atoms in total. The van der Waals surface area contributed by atoms with E-state index >= 15 is 0 Å². The van der Waals surface area contributed by atoms with E-state index in [1.165, 1.54) is 9.75 Å². The summed E-state index contributed by atoms with van der Waals surface area (Å²) in [5, 5.41) is 0. The largest absolute Gasteiger partial charge is 0.298 e. The first kappa shape index (κ1) is 11.8. The molecule has 0 aliphatic rings. The Morgan fingerprint density at radius 3 is 2.64 bits per heavy atom. The number of Topliss-reactive ketones (excluding diaryl/α,β-unsaturated/α-hetero) is 1. The number of carbonyl (C=O) groups excluding carboxylic acids is 1. The highest BCUT2D eigenvalue weighted by molar-refractivity contribution is 7.99. The van der Waals surface area contributed by atoms with E-state index in [1.54, 1.807) is 23.1 Å². The molecule has 0 atom stereocenters. The smallest absolute Gasteiger partial charge is 0.147 e. The topological polar surface area (TPSA) is 17.1 Å². The van der Waals surface area contributed by atoms with E-state index in [9.17, 15) is 4.79 Å². The molecule has 0 saturated carbocycles. The van der Waals surface area contributed by atoms with Crippen LogP contribution in [0.3, 0.4) is 0 Å². The molecule has 0 N–H and O–H groups in total. The van der Waals surface area contributed by atoms with Gasteiger partial charge in [-0.25, -0.2) is 0 Å². The van der Waals surface area contributed by atoms with E-state index in [4.69, 9.17) is 0 Å². The van der Waals surface area contributed by atoms with Crippen LogP contribution in [0.5, 0.6) is 0 Å². The van der Waals surface area contributed by atoms with Gasteiger partial charge in [0.1, 0.15) is 5.78 Å². The average molecular weight is 228 g/mol. The first-order chi connectivity index (χ1) is 6.76. The van der Waals surface area contributed by atoms with Crippen LogP contribution in [0.1, 0.15) is 23.6 Å². The van der Waals surface area contributed by atoms with Crippen LogP contribution in [0.15, 0.2) is 12.1 Å². The van der Waals surface area contributed by atoms with E-state index in [2.05, 4.69) is 26.0 Å². The Morgan fingerprint density at radius 1 is 1.36 bits per heavy atom.